The molecule has 0 atom stereocenters. The number of phenolic OH excluding ortho intramolecular Hbond substituents is 1. The SMILES string of the molecule is N#CCc1ccc(NCc2cc(Cl)cc(Cl)c2O)cc1. The predicted octanol–water partition coefficient (Wildman–Crippen LogP) is 4.38. The summed E-state index contributed by atoms with van der Waals surface area (Å²) in [6.45, 7) is 0.406. The summed E-state index contributed by atoms with van der Waals surface area (Å²) in [5, 5.41) is 22.3. The van der Waals surface area contributed by atoms with Gasteiger partial charge in [0, 0.05) is 22.8 Å². The van der Waals surface area contributed by atoms with Crippen molar-refractivity contribution in [3.63, 3.8) is 0 Å². The summed E-state index contributed by atoms with van der Waals surface area (Å²) in [6.07, 6.45) is 0.394. The minimum atomic E-state index is 0.0321. The highest BCUT2D eigenvalue weighted by Crippen LogP contribution is 2.31. The van der Waals surface area contributed by atoms with Crippen molar-refractivity contribution in [2.75, 3.05) is 5.32 Å². The zero-order valence-electron chi connectivity index (χ0n) is 10.5. The Hall–Kier alpha value is -1.89. The molecule has 2 aromatic carbocycles. The van der Waals surface area contributed by atoms with Crippen molar-refractivity contribution in [1.82, 2.24) is 0 Å². The molecule has 0 spiro atoms. The Labute approximate surface area is 127 Å². The van der Waals surface area contributed by atoms with Crippen LogP contribution < -0.4 is 5.32 Å². The fourth-order valence-electron chi connectivity index (χ4n) is 1.78. The van der Waals surface area contributed by atoms with Gasteiger partial charge < -0.3 is 10.4 Å². The van der Waals surface area contributed by atoms with Crippen LogP contribution in [0, 0.1) is 11.3 Å². The second kappa shape index (κ2) is 6.51. The zero-order chi connectivity index (χ0) is 14.5. The van der Waals surface area contributed by atoms with E-state index in [1.165, 1.54) is 6.07 Å². The second-order valence-corrected chi connectivity index (χ2v) is 5.12. The molecule has 3 nitrogen and oxygen atoms in total. The topological polar surface area (TPSA) is 56.0 Å². The van der Waals surface area contributed by atoms with Crippen molar-refractivity contribution in [2.24, 2.45) is 0 Å². The van der Waals surface area contributed by atoms with Crippen LogP contribution >= 0.6 is 23.2 Å². The Morgan fingerprint density at radius 3 is 2.50 bits per heavy atom. The highest BCUT2D eigenvalue weighted by Gasteiger charge is 2.07. The number of nitrogens with one attached hydrogen (secondary N) is 1. The number of anilines is 1. The average molecular weight is 307 g/mol. The van der Waals surface area contributed by atoms with Gasteiger partial charge >= 0.3 is 0 Å². The summed E-state index contributed by atoms with van der Waals surface area (Å²) >= 11 is 11.8. The number of halogens is 2. The molecule has 0 amide bonds. The molecule has 5 heteroatoms. The van der Waals surface area contributed by atoms with E-state index >= 15 is 0 Å². The van der Waals surface area contributed by atoms with Gasteiger partial charge in [-0.2, -0.15) is 5.26 Å². The van der Waals surface area contributed by atoms with Crippen LogP contribution in [0.15, 0.2) is 36.4 Å². The monoisotopic (exact) mass is 306 g/mol. The van der Waals surface area contributed by atoms with Gasteiger partial charge in [0.25, 0.3) is 0 Å². The third-order valence-corrected chi connectivity index (χ3v) is 3.33. The molecule has 0 aromatic heterocycles. The molecule has 0 saturated heterocycles. The van der Waals surface area contributed by atoms with Gasteiger partial charge in [-0.05, 0) is 29.8 Å². The van der Waals surface area contributed by atoms with Gasteiger partial charge in [0.1, 0.15) is 5.75 Å². The van der Waals surface area contributed by atoms with Crippen molar-refractivity contribution in [1.29, 1.82) is 5.26 Å². The van der Waals surface area contributed by atoms with Crippen LogP contribution in [0.3, 0.4) is 0 Å². The van der Waals surface area contributed by atoms with E-state index in [4.69, 9.17) is 28.5 Å². The van der Waals surface area contributed by atoms with Crippen molar-refractivity contribution in [3.8, 4) is 11.8 Å². The highest BCUT2D eigenvalue weighted by molar-refractivity contribution is 6.35. The predicted molar refractivity (Wildman–Crippen MR) is 81.2 cm³/mol. The lowest BCUT2D eigenvalue weighted by molar-refractivity contribution is 0.469. The first-order valence-electron chi connectivity index (χ1n) is 5.97. The number of nitrogens with zero attached hydrogens (tertiary/aromatic N) is 1. The molecule has 0 saturated carbocycles. The minimum Gasteiger partial charge on any atom is -0.506 e. The molecule has 0 heterocycles. The van der Waals surface area contributed by atoms with Crippen molar-refractivity contribution >= 4 is 28.9 Å². The Morgan fingerprint density at radius 1 is 1.15 bits per heavy atom. The van der Waals surface area contributed by atoms with E-state index in [0.717, 1.165) is 11.3 Å². The van der Waals surface area contributed by atoms with Gasteiger partial charge in [0.15, 0.2) is 0 Å². The van der Waals surface area contributed by atoms with E-state index in [0.29, 0.717) is 23.6 Å². The Morgan fingerprint density at radius 2 is 1.85 bits per heavy atom. The zero-order valence-corrected chi connectivity index (χ0v) is 12.0. The highest BCUT2D eigenvalue weighted by atomic mass is 35.5. The van der Waals surface area contributed by atoms with Crippen molar-refractivity contribution in [2.45, 2.75) is 13.0 Å². The second-order valence-electron chi connectivity index (χ2n) is 4.28. The van der Waals surface area contributed by atoms with Gasteiger partial charge in [-0.25, -0.2) is 0 Å². The van der Waals surface area contributed by atoms with Crippen LogP contribution in [0.25, 0.3) is 0 Å². The smallest absolute Gasteiger partial charge is 0.139 e. The van der Waals surface area contributed by atoms with E-state index in [2.05, 4.69) is 11.4 Å². The molecule has 0 unspecified atom stereocenters. The molecule has 0 aliphatic heterocycles. The van der Waals surface area contributed by atoms with Crippen molar-refractivity contribution < 1.29 is 5.11 Å². The Kier molecular flexibility index (Phi) is 4.73. The fourth-order valence-corrected chi connectivity index (χ4v) is 2.32. The number of phenols is 1. The maximum atomic E-state index is 9.85. The van der Waals surface area contributed by atoms with E-state index in [1.54, 1.807) is 6.07 Å². The minimum absolute atomic E-state index is 0.0321. The number of rotatable bonds is 4. The van der Waals surface area contributed by atoms with Crippen LogP contribution in [-0.4, -0.2) is 5.11 Å². The molecular formula is C15H12Cl2N2O. The van der Waals surface area contributed by atoms with Crippen LogP contribution in [0.5, 0.6) is 5.75 Å². The summed E-state index contributed by atoms with van der Waals surface area (Å²) in [4.78, 5) is 0. The summed E-state index contributed by atoms with van der Waals surface area (Å²) in [5.74, 6) is 0.0321. The molecule has 0 aliphatic rings. The lowest BCUT2D eigenvalue weighted by atomic mass is 10.1. The summed E-state index contributed by atoms with van der Waals surface area (Å²) < 4.78 is 0. The maximum absolute atomic E-state index is 9.85. The molecule has 102 valence electrons. The molecule has 0 bridgehead atoms. The summed E-state index contributed by atoms with van der Waals surface area (Å²) in [5.41, 5.74) is 2.48. The molecule has 2 aromatic rings. The Bertz CT molecular complexity index is 648. The standard InChI is InChI=1S/C15H12Cl2N2O/c16-12-7-11(15(20)14(17)8-12)9-19-13-3-1-10(2-4-13)5-6-18/h1-4,7-8,19-20H,5,9H2. The van der Waals surface area contributed by atoms with Gasteiger partial charge in [-0.3, -0.25) is 0 Å². The third-order valence-electron chi connectivity index (χ3n) is 2.83. The number of hydrogen-bond donors (Lipinski definition) is 2. The van der Waals surface area contributed by atoms with E-state index in [-0.39, 0.29) is 10.8 Å². The van der Waals surface area contributed by atoms with Gasteiger partial charge in [0.05, 0.1) is 17.5 Å². The molecule has 0 aliphatic carbocycles. The number of aromatic hydroxyl groups is 1. The van der Waals surface area contributed by atoms with Crippen LogP contribution in [0.4, 0.5) is 5.69 Å². The van der Waals surface area contributed by atoms with Crippen molar-refractivity contribution in [3.05, 3.63) is 57.6 Å². The molecule has 0 radical (unpaired) electrons. The Balaban J connectivity index is 2.07. The molecule has 20 heavy (non-hydrogen) atoms. The van der Waals surface area contributed by atoms with Crippen LogP contribution in [-0.2, 0) is 13.0 Å². The quantitative estimate of drug-likeness (QED) is 0.881. The maximum Gasteiger partial charge on any atom is 0.139 e. The first kappa shape index (κ1) is 14.5. The van der Waals surface area contributed by atoms with Gasteiger partial charge in [-0.15, -0.1) is 0 Å². The fraction of sp³-hybridized carbons (Fsp3) is 0.133. The molecule has 2 N–H and O–H groups in total. The number of benzene rings is 2. The summed E-state index contributed by atoms with van der Waals surface area (Å²) in [7, 11) is 0. The molecule has 2 rings (SSSR count). The average Bonchev–Trinajstić information content (AvgIpc) is 2.43. The number of hydrogen-bond acceptors (Lipinski definition) is 3. The van der Waals surface area contributed by atoms with Gasteiger partial charge in [-0.1, -0.05) is 35.3 Å². The first-order chi connectivity index (χ1) is 9.60. The third kappa shape index (κ3) is 3.57. The number of nitriles is 1. The largest absolute Gasteiger partial charge is 0.506 e. The summed E-state index contributed by atoms with van der Waals surface area (Å²) in [6, 6.07) is 12.8. The molecule has 0 fully saturated rings. The van der Waals surface area contributed by atoms with Crippen LogP contribution in [0.2, 0.25) is 10.0 Å². The molecular weight excluding hydrogens is 295 g/mol. The van der Waals surface area contributed by atoms with E-state index in [9.17, 15) is 5.11 Å². The van der Waals surface area contributed by atoms with Gasteiger partial charge in [0.2, 0.25) is 0 Å². The lowest BCUT2D eigenvalue weighted by Gasteiger charge is -2.10. The van der Waals surface area contributed by atoms with E-state index < -0.39 is 0 Å². The normalized spacial score (nSPS) is 10.1. The first-order valence-corrected chi connectivity index (χ1v) is 6.72. The van der Waals surface area contributed by atoms with Crippen LogP contribution in [0.1, 0.15) is 11.1 Å². The lowest BCUT2D eigenvalue weighted by Crippen LogP contribution is -2.00. The van der Waals surface area contributed by atoms with E-state index in [1.807, 2.05) is 24.3 Å².